The third kappa shape index (κ3) is 4.55. The second-order valence-electron chi connectivity index (χ2n) is 4.75. The van der Waals surface area contributed by atoms with Crippen LogP contribution in [0.1, 0.15) is 33.1 Å². The van der Waals surface area contributed by atoms with Crippen molar-refractivity contribution in [3.05, 3.63) is 24.3 Å². The van der Waals surface area contributed by atoms with E-state index in [1.54, 1.807) is 11.8 Å². The Kier molecular flexibility index (Phi) is 5.73. The molecule has 4 heteroatoms. The molecule has 0 saturated carbocycles. The first-order chi connectivity index (χ1) is 9.29. The van der Waals surface area contributed by atoms with Crippen molar-refractivity contribution in [3.8, 4) is 0 Å². The molecule has 1 aromatic carbocycles. The Morgan fingerprint density at radius 1 is 1.32 bits per heavy atom. The van der Waals surface area contributed by atoms with Gasteiger partial charge in [-0.05, 0) is 38.4 Å². The van der Waals surface area contributed by atoms with Crippen LogP contribution in [0.5, 0.6) is 0 Å². The number of aromatic nitrogens is 1. The Balaban J connectivity index is 1.68. The van der Waals surface area contributed by atoms with Crippen molar-refractivity contribution in [2.45, 2.75) is 44.4 Å². The molecule has 0 amide bonds. The molecule has 0 spiro atoms. The first-order valence-electron chi connectivity index (χ1n) is 7.01. The van der Waals surface area contributed by atoms with Crippen molar-refractivity contribution in [1.82, 2.24) is 10.3 Å². The molecule has 19 heavy (non-hydrogen) atoms. The molecular weight excluding hydrogens is 256 g/mol. The van der Waals surface area contributed by atoms with Gasteiger partial charge < -0.3 is 9.73 Å². The van der Waals surface area contributed by atoms with Crippen LogP contribution in [0, 0.1) is 0 Å². The monoisotopic (exact) mass is 278 g/mol. The van der Waals surface area contributed by atoms with Crippen LogP contribution in [0.25, 0.3) is 11.1 Å². The third-order valence-electron chi connectivity index (χ3n) is 3.08. The zero-order chi connectivity index (χ0) is 13.5. The molecule has 0 aliphatic carbocycles. The normalized spacial score (nSPS) is 12.9. The van der Waals surface area contributed by atoms with Gasteiger partial charge >= 0.3 is 0 Å². The van der Waals surface area contributed by atoms with Crippen molar-refractivity contribution in [1.29, 1.82) is 0 Å². The molecule has 1 N–H and O–H groups in total. The lowest BCUT2D eigenvalue weighted by Crippen LogP contribution is -2.25. The average molecular weight is 278 g/mol. The fourth-order valence-corrected chi connectivity index (χ4v) is 2.91. The van der Waals surface area contributed by atoms with Crippen molar-refractivity contribution < 1.29 is 4.42 Å². The predicted octanol–water partition coefficient (Wildman–Crippen LogP) is 4.09. The summed E-state index contributed by atoms with van der Waals surface area (Å²) >= 11 is 1.71. The number of hydrogen-bond acceptors (Lipinski definition) is 4. The van der Waals surface area contributed by atoms with E-state index in [4.69, 9.17) is 4.42 Å². The van der Waals surface area contributed by atoms with E-state index in [2.05, 4.69) is 24.1 Å². The minimum atomic E-state index is 0.624. The van der Waals surface area contributed by atoms with E-state index in [9.17, 15) is 0 Å². The minimum Gasteiger partial charge on any atom is -0.431 e. The molecule has 1 unspecified atom stereocenters. The fraction of sp³-hybridized carbons (Fsp3) is 0.533. The Hall–Kier alpha value is -1.00. The molecule has 0 radical (unpaired) electrons. The molecule has 0 saturated heterocycles. The summed E-state index contributed by atoms with van der Waals surface area (Å²) in [5.41, 5.74) is 1.83. The SMILES string of the molecule is CCNC(C)CCCCSc1nc2ccccc2o1. The summed E-state index contributed by atoms with van der Waals surface area (Å²) in [6, 6.07) is 8.54. The van der Waals surface area contributed by atoms with Crippen LogP contribution >= 0.6 is 11.8 Å². The van der Waals surface area contributed by atoms with Crippen molar-refractivity contribution in [2.75, 3.05) is 12.3 Å². The van der Waals surface area contributed by atoms with Gasteiger partial charge in [0, 0.05) is 11.8 Å². The van der Waals surface area contributed by atoms with E-state index in [1.807, 2.05) is 24.3 Å². The highest BCUT2D eigenvalue weighted by atomic mass is 32.2. The highest BCUT2D eigenvalue weighted by Gasteiger charge is 2.05. The lowest BCUT2D eigenvalue weighted by Gasteiger charge is -2.10. The number of fused-ring (bicyclic) bond motifs is 1. The van der Waals surface area contributed by atoms with Crippen LogP contribution in [0.2, 0.25) is 0 Å². The van der Waals surface area contributed by atoms with Gasteiger partial charge in [0.05, 0.1) is 0 Å². The summed E-state index contributed by atoms with van der Waals surface area (Å²) in [6.07, 6.45) is 3.70. The number of thioether (sulfide) groups is 1. The van der Waals surface area contributed by atoms with Gasteiger partial charge in [-0.25, -0.2) is 4.98 Å². The maximum atomic E-state index is 5.67. The van der Waals surface area contributed by atoms with Gasteiger partial charge in [-0.2, -0.15) is 0 Å². The Morgan fingerprint density at radius 2 is 2.16 bits per heavy atom. The number of nitrogens with one attached hydrogen (secondary N) is 1. The van der Waals surface area contributed by atoms with Crippen LogP contribution in [0.15, 0.2) is 33.9 Å². The minimum absolute atomic E-state index is 0.624. The quantitative estimate of drug-likeness (QED) is 0.583. The molecule has 1 heterocycles. The molecule has 0 aliphatic rings. The number of benzene rings is 1. The summed E-state index contributed by atoms with van der Waals surface area (Å²) in [7, 11) is 0. The number of hydrogen-bond donors (Lipinski definition) is 1. The van der Waals surface area contributed by atoms with Crippen LogP contribution in [0.3, 0.4) is 0 Å². The fourth-order valence-electron chi connectivity index (χ4n) is 2.08. The molecule has 0 fully saturated rings. The van der Waals surface area contributed by atoms with Gasteiger partial charge in [-0.1, -0.05) is 37.2 Å². The second kappa shape index (κ2) is 7.56. The van der Waals surface area contributed by atoms with Gasteiger partial charge in [0.25, 0.3) is 5.22 Å². The molecular formula is C15H22N2OS. The molecule has 3 nitrogen and oxygen atoms in total. The first kappa shape index (κ1) is 14.4. The number of para-hydroxylation sites is 2. The van der Waals surface area contributed by atoms with Gasteiger partial charge in [0.15, 0.2) is 5.58 Å². The van der Waals surface area contributed by atoms with Crippen LogP contribution in [0.4, 0.5) is 0 Å². The van der Waals surface area contributed by atoms with E-state index in [1.165, 1.54) is 19.3 Å². The molecule has 0 bridgehead atoms. The van der Waals surface area contributed by atoms with Crippen molar-refractivity contribution >= 4 is 22.9 Å². The zero-order valence-corrected chi connectivity index (χ0v) is 12.5. The van der Waals surface area contributed by atoms with E-state index >= 15 is 0 Å². The average Bonchev–Trinajstić information content (AvgIpc) is 2.81. The highest BCUT2D eigenvalue weighted by Crippen LogP contribution is 2.24. The second-order valence-corrected chi connectivity index (χ2v) is 5.80. The number of nitrogens with zero attached hydrogens (tertiary/aromatic N) is 1. The van der Waals surface area contributed by atoms with E-state index in [0.29, 0.717) is 6.04 Å². The maximum absolute atomic E-state index is 5.67. The molecule has 2 aromatic rings. The molecule has 2 rings (SSSR count). The topological polar surface area (TPSA) is 38.1 Å². The van der Waals surface area contributed by atoms with Crippen molar-refractivity contribution in [3.63, 3.8) is 0 Å². The summed E-state index contributed by atoms with van der Waals surface area (Å²) in [5, 5.41) is 4.23. The summed E-state index contributed by atoms with van der Waals surface area (Å²) in [6.45, 7) is 5.45. The third-order valence-corrected chi connectivity index (χ3v) is 4.00. The largest absolute Gasteiger partial charge is 0.431 e. The zero-order valence-electron chi connectivity index (χ0n) is 11.7. The maximum Gasteiger partial charge on any atom is 0.256 e. The number of rotatable bonds is 8. The predicted molar refractivity (Wildman–Crippen MR) is 81.7 cm³/mol. The van der Waals surface area contributed by atoms with Gasteiger partial charge in [-0.3, -0.25) is 0 Å². The van der Waals surface area contributed by atoms with E-state index < -0.39 is 0 Å². The standard InChI is InChI=1S/C15H22N2OS/c1-3-16-12(2)8-6-7-11-19-15-17-13-9-4-5-10-14(13)18-15/h4-5,9-10,12,16H,3,6-8,11H2,1-2H3. The molecule has 1 atom stereocenters. The Bertz CT molecular complexity index is 465. The molecule has 1 aromatic heterocycles. The summed E-state index contributed by atoms with van der Waals surface area (Å²) < 4.78 is 5.67. The summed E-state index contributed by atoms with van der Waals surface area (Å²) in [4.78, 5) is 4.46. The number of unbranched alkanes of at least 4 members (excludes halogenated alkanes) is 1. The first-order valence-corrected chi connectivity index (χ1v) is 8.00. The van der Waals surface area contributed by atoms with Crippen LogP contribution < -0.4 is 5.32 Å². The Labute approximate surface area is 119 Å². The van der Waals surface area contributed by atoms with Gasteiger partial charge in [0.1, 0.15) is 5.52 Å². The van der Waals surface area contributed by atoms with Crippen LogP contribution in [-0.4, -0.2) is 23.3 Å². The van der Waals surface area contributed by atoms with Gasteiger partial charge in [-0.15, -0.1) is 0 Å². The van der Waals surface area contributed by atoms with Gasteiger partial charge in [0.2, 0.25) is 0 Å². The lowest BCUT2D eigenvalue weighted by molar-refractivity contribution is 0.488. The van der Waals surface area contributed by atoms with Crippen LogP contribution in [-0.2, 0) is 0 Å². The smallest absolute Gasteiger partial charge is 0.256 e. The molecule has 104 valence electrons. The van der Waals surface area contributed by atoms with Crippen molar-refractivity contribution in [2.24, 2.45) is 0 Å². The molecule has 0 aliphatic heterocycles. The summed E-state index contributed by atoms with van der Waals surface area (Å²) in [5.74, 6) is 1.08. The highest BCUT2D eigenvalue weighted by molar-refractivity contribution is 7.99. The lowest BCUT2D eigenvalue weighted by atomic mass is 10.1. The van der Waals surface area contributed by atoms with E-state index in [0.717, 1.165) is 28.6 Å². The number of oxazole rings is 1. The Morgan fingerprint density at radius 3 is 2.95 bits per heavy atom. The van der Waals surface area contributed by atoms with E-state index in [-0.39, 0.29) is 0 Å².